The second-order valence-electron chi connectivity index (χ2n) is 2.93. The quantitative estimate of drug-likeness (QED) is 0.738. The molecule has 2 aromatic heterocycles. The Morgan fingerprint density at radius 3 is 3.07 bits per heavy atom. The number of aryl methyl sites for hydroxylation is 1. The van der Waals surface area contributed by atoms with Crippen molar-refractivity contribution in [1.29, 1.82) is 0 Å². The van der Waals surface area contributed by atoms with Crippen LogP contribution < -0.4 is 5.32 Å². The molecule has 0 aliphatic rings. The van der Waals surface area contributed by atoms with Crippen molar-refractivity contribution in [3.8, 4) is 0 Å². The van der Waals surface area contributed by atoms with Crippen LogP contribution in [0.25, 0.3) is 0 Å². The average Bonchev–Trinajstić information content (AvgIpc) is 2.79. The minimum atomic E-state index is 0.497. The molecule has 2 N–H and O–H groups in total. The van der Waals surface area contributed by atoms with Gasteiger partial charge in [0.05, 0.1) is 6.54 Å². The zero-order valence-corrected chi connectivity index (χ0v) is 8.30. The normalized spacial score (nSPS) is 10.2. The number of aromatic amines is 1. The van der Waals surface area contributed by atoms with Gasteiger partial charge in [0.25, 0.3) is 0 Å². The molecule has 0 radical (unpaired) electrons. The van der Waals surface area contributed by atoms with Crippen LogP contribution in [0.3, 0.4) is 0 Å². The fourth-order valence-corrected chi connectivity index (χ4v) is 1.11. The third-order valence-corrected chi connectivity index (χ3v) is 1.90. The summed E-state index contributed by atoms with van der Waals surface area (Å²) in [5, 5.41) is 16.6. The summed E-state index contributed by atoms with van der Waals surface area (Å²) in [6, 6.07) is 1.90. The highest BCUT2D eigenvalue weighted by Crippen LogP contribution is 2.04. The molecule has 2 heterocycles. The minimum absolute atomic E-state index is 0.497. The lowest BCUT2D eigenvalue weighted by molar-refractivity contribution is 0.881. The van der Waals surface area contributed by atoms with Gasteiger partial charge in [0.1, 0.15) is 12.1 Å². The van der Waals surface area contributed by atoms with Gasteiger partial charge in [0.15, 0.2) is 5.82 Å². The van der Waals surface area contributed by atoms with Gasteiger partial charge in [-0.15, -0.1) is 10.2 Å². The standard InChI is InChI=1S/C8H11N7/c1-2-6-3-7(11-5-10-6)9-4-8-12-14-15-13-8/h3,5H,2,4H2,1H3,(H,9,10,11)(H,12,13,14,15). The van der Waals surface area contributed by atoms with E-state index in [2.05, 4.69) is 35.9 Å². The van der Waals surface area contributed by atoms with E-state index >= 15 is 0 Å². The first-order valence-corrected chi connectivity index (χ1v) is 4.65. The van der Waals surface area contributed by atoms with Crippen LogP contribution in [-0.2, 0) is 13.0 Å². The van der Waals surface area contributed by atoms with E-state index < -0.39 is 0 Å². The van der Waals surface area contributed by atoms with E-state index in [1.54, 1.807) is 0 Å². The van der Waals surface area contributed by atoms with Crippen molar-refractivity contribution >= 4 is 5.82 Å². The van der Waals surface area contributed by atoms with Crippen molar-refractivity contribution < 1.29 is 0 Å². The predicted molar refractivity (Wildman–Crippen MR) is 52.9 cm³/mol. The summed E-state index contributed by atoms with van der Waals surface area (Å²) in [4.78, 5) is 8.18. The van der Waals surface area contributed by atoms with Crippen LogP contribution >= 0.6 is 0 Å². The van der Waals surface area contributed by atoms with Crippen molar-refractivity contribution in [3.63, 3.8) is 0 Å². The highest BCUT2D eigenvalue weighted by atomic mass is 15.5. The number of anilines is 1. The molecule has 0 spiro atoms. The van der Waals surface area contributed by atoms with Gasteiger partial charge in [0, 0.05) is 11.8 Å². The smallest absolute Gasteiger partial charge is 0.193 e. The van der Waals surface area contributed by atoms with Crippen molar-refractivity contribution in [2.75, 3.05) is 5.32 Å². The van der Waals surface area contributed by atoms with Crippen molar-refractivity contribution in [2.45, 2.75) is 19.9 Å². The second-order valence-corrected chi connectivity index (χ2v) is 2.93. The molecule has 0 aliphatic heterocycles. The zero-order valence-electron chi connectivity index (χ0n) is 8.30. The van der Waals surface area contributed by atoms with Crippen molar-refractivity contribution in [1.82, 2.24) is 30.6 Å². The first-order valence-electron chi connectivity index (χ1n) is 4.65. The first kappa shape index (κ1) is 9.50. The largest absolute Gasteiger partial charge is 0.363 e. The molecule has 0 aliphatic carbocycles. The number of hydrogen-bond acceptors (Lipinski definition) is 6. The Hall–Kier alpha value is -2.05. The van der Waals surface area contributed by atoms with Crippen LogP contribution in [0.5, 0.6) is 0 Å². The molecule has 78 valence electrons. The van der Waals surface area contributed by atoms with Gasteiger partial charge < -0.3 is 5.32 Å². The average molecular weight is 205 g/mol. The molecule has 0 amide bonds. The summed E-state index contributed by atoms with van der Waals surface area (Å²) < 4.78 is 0. The lowest BCUT2D eigenvalue weighted by Crippen LogP contribution is -2.04. The maximum Gasteiger partial charge on any atom is 0.193 e. The molecular weight excluding hydrogens is 194 g/mol. The third kappa shape index (κ3) is 2.46. The number of hydrogen-bond donors (Lipinski definition) is 2. The molecule has 15 heavy (non-hydrogen) atoms. The van der Waals surface area contributed by atoms with Gasteiger partial charge in [-0.1, -0.05) is 12.1 Å². The number of aromatic nitrogens is 6. The lowest BCUT2D eigenvalue weighted by Gasteiger charge is -2.02. The van der Waals surface area contributed by atoms with E-state index in [-0.39, 0.29) is 0 Å². The van der Waals surface area contributed by atoms with E-state index in [1.807, 2.05) is 13.0 Å². The van der Waals surface area contributed by atoms with Gasteiger partial charge in [-0.25, -0.2) is 9.97 Å². The molecule has 0 fully saturated rings. The summed E-state index contributed by atoms with van der Waals surface area (Å²) >= 11 is 0. The number of tetrazole rings is 1. The zero-order chi connectivity index (χ0) is 10.5. The van der Waals surface area contributed by atoms with E-state index in [1.165, 1.54) is 6.33 Å². The van der Waals surface area contributed by atoms with Gasteiger partial charge >= 0.3 is 0 Å². The molecule has 7 heteroatoms. The number of nitrogens with zero attached hydrogens (tertiary/aromatic N) is 5. The molecular formula is C8H11N7. The summed E-state index contributed by atoms with van der Waals surface area (Å²) in [6.45, 7) is 2.54. The van der Waals surface area contributed by atoms with Gasteiger partial charge in [0.2, 0.25) is 0 Å². The number of H-pyrrole nitrogens is 1. The van der Waals surface area contributed by atoms with Crippen molar-refractivity contribution in [3.05, 3.63) is 23.9 Å². The highest BCUT2D eigenvalue weighted by Gasteiger charge is 1.99. The fraction of sp³-hybridized carbons (Fsp3) is 0.375. The van der Waals surface area contributed by atoms with Crippen LogP contribution in [-0.4, -0.2) is 30.6 Å². The van der Waals surface area contributed by atoms with Crippen molar-refractivity contribution in [2.24, 2.45) is 0 Å². The predicted octanol–water partition coefficient (Wildman–Crippen LogP) is 0.164. The summed E-state index contributed by atoms with van der Waals surface area (Å²) in [5.41, 5.74) is 1.00. The summed E-state index contributed by atoms with van der Waals surface area (Å²) in [5.74, 6) is 1.37. The Kier molecular flexibility index (Phi) is 2.82. The molecule has 7 nitrogen and oxygen atoms in total. The second kappa shape index (κ2) is 4.45. The topological polar surface area (TPSA) is 92.3 Å². The molecule has 2 aromatic rings. The van der Waals surface area contributed by atoms with Gasteiger partial charge in [-0.05, 0) is 6.42 Å². The van der Waals surface area contributed by atoms with E-state index in [0.717, 1.165) is 17.9 Å². The number of nitrogens with one attached hydrogen (secondary N) is 2. The monoisotopic (exact) mass is 205 g/mol. The highest BCUT2D eigenvalue weighted by molar-refractivity contribution is 5.34. The van der Waals surface area contributed by atoms with Crippen LogP contribution in [0.2, 0.25) is 0 Å². The molecule has 0 unspecified atom stereocenters. The Labute approximate surface area is 86.3 Å². The number of rotatable bonds is 4. The fourth-order valence-electron chi connectivity index (χ4n) is 1.11. The lowest BCUT2D eigenvalue weighted by atomic mass is 10.3. The molecule has 2 rings (SSSR count). The summed E-state index contributed by atoms with van der Waals surface area (Å²) in [6.07, 6.45) is 2.43. The van der Waals surface area contributed by atoms with Crippen LogP contribution in [0, 0.1) is 0 Å². The van der Waals surface area contributed by atoms with E-state index in [9.17, 15) is 0 Å². The maximum absolute atomic E-state index is 4.10. The van der Waals surface area contributed by atoms with E-state index in [4.69, 9.17) is 0 Å². The molecule has 0 bridgehead atoms. The van der Waals surface area contributed by atoms with Gasteiger partial charge in [-0.2, -0.15) is 5.21 Å². The molecule has 0 saturated carbocycles. The Bertz CT molecular complexity index is 411. The summed E-state index contributed by atoms with van der Waals surface area (Å²) in [7, 11) is 0. The van der Waals surface area contributed by atoms with Crippen LogP contribution in [0.1, 0.15) is 18.4 Å². The van der Waals surface area contributed by atoms with Gasteiger partial charge in [-0.3, -0.25) is 0 Å². The Morgan fingerprint density at radius 1 is 1.40 bits per heavy atom. The minimum Gasteiger partial charge on any atom is -0.363 e. The van der Waals surface area contributed by atoms with Crippen LogP contribution in [0.4, 0.5) is 5.82 Å². The molecule has 0 aromatic carbocycles. The van der Waals surface area contributed by atoms with Crippen LogP contribution in [0.15, 0.2) is 12.4 Å². The molecule has 0 atom stereocenters. The Morgan fingerprint density at radius 2 is 2.33 bits per heavy atom. The Balaban J connectivity index is 1.98. The molecule has 0 saturated heterocycles. The maximum atomic E-state index is 4.10. The first-order chi connectivity index (χ1) is 7.38. The van der Waals surface area contributed by atoms with E-state index in [0.29, 0.717) is 12.4 Å². The SMILES string of the molecule is CCc1cc(NCc2nn[nH]n2)ncn1. The third-order valence-electron chi connectivity index (χ3n) is 1.90.